The van der Waals surface area contributed by atoms with E-state index in [1.165, 1.54) is 12.1 Å². The summed E-state index contributed by atoms with van der Waals surface area (Å²) in [5, 5.41) is 0. The maximum atomic E-state index is 13.0. The molecule has 1 atom stereocenters. The molecule has 2 nitrogen and oxygen atoms in total. The van der Waals surface area contributed by atoms with E-state index >= 15 is 0 Å². The van der Waals surface area contributed by atoms with Gasteiger partial charge in [0.05, 0.1) is 10.5 Å². The van der Waals surface area contributed by atoms with Crippen LogP contribution < -0.4 is 5.73 Å². The Morgan fingerprint density at radius 1 is 1.57 bits per heavy atom. The minimum absolute atomic E-state index is 0.178. The zero-order chi connectivity index (χ0) is 10.9. The summed E-state index contributed by atoms with van der Waals surface area (Å²) in [7, 11) is 0. The molecule has 0 radical (unpaired) electrons. The molecule has 0 heterocycles. The van der Waals surface area contributed by atoms with Crippen molar-refractivity contribution in [3.05, 3.63) is 33.5 Å². The fourth-order valence-electron chi connectivity index (χ4n) is 1.16. The van der Waals surface area contributed by atoms with Crippen LogP contribution in [-0.4, -0.2) is 11.8 Å². The SMILES string of the molecule is Cc1c(C(=O)C(C)N)ccc(F)c1Br. The van der Waals surface area contributed by atoms with Crippen molar-refractivity contribution in [1.29, 1.82) is 0 Å². The second kappa shape index (κ2) is 4.19. The van der Waals surface area contributed by atoms with Crippen LogP contribution in [0.15, 0.2) is 16.6 Å². The predicted octanol–water partition coefficient (Wildman–Crippen LogP) is 2.43. The van der Waals surface area contributed by atoms with Gasteiger partial charge in [-0.1, -0.05) is 0 Å². The van der Waals surface area contributed by atoms with E-state index in [0.717, 1.165) is 0 Å². The summed E-state index contributed by atoms with van der Waals surface area (Å²) in [6.45, 7) is 3.29. The standard InChI is InChI=1S/C10H11BrFNO/c1-5-7(10(14)6(2)13)3-4-8(12)9(5)11/h3-4,6H,13H2,1-2H3. The van der Waals surface area contributed by atoms with E-state index in [1.54, 1.807) is 13.8 Å². The number of ketones is 1. The molecule has 0 aliphatic carbocycles. The first-order valence-corrected chi connectivity index (χ1v) is 4.99. The molecule has 0 aliphatic heterocycles. The Balaban J connectivity index is 3.24. The molecule has 4 heteroatoms. The quantitative estimate of drug-likeness (QED) is 0.830. The van der Waals surface area contributed by atoms with Gasteiger partial charge in [-0.05, 0) is 47.5 Å². The summed E-state index contributed by atoms with van der Waals surface area (Å²) in [6.07, 6.45) is 0. The lowest BCUT2D eigenvalue weighted by atomic mass is 10.0. The highest BCUT2D eigenvalue weighted by Gasteiger charge is 2.16. The van der Waals surface area contributed by atoms with Crippen molar-refractivity contribution in [2.75, 3.05) is 0 Å². The third-order valence-corrected chi connectivity index (χ3v) is 2.99. The van der Waals surface area contributed by atoms with Crippen molar-refractivity contribution in [3.63, 3.8) is 0 Å². The Hall–Kier alpha value is -0.740. The minimum atomic E-state index is -0.564. The van der Waals surface area contributed by atoms with E-state index in [-0.39, 0.29) is 11.6 Å². The lowest BCUT2D eigenvalue weighted by Crippen LogP contribution is -2.27. The van der Waals surface area contributed by atoms with Crippen LogP contribution in [0.5, 0.6) is 0 Å². The molecule has 0 fully saturated rings. The van der Waals surface area contributed by atoms with Crippen molar-refractivity contribution in [2.24, 2.45) is 5.73 Å². The van der Waals surface area contributed by atoms with Crippen molar-refractivity contribution in [2.45, 2.75) is 19.9 Å². The van der Waals surface area contributed by atoms with Crippen molar-refractivity contribution >= 4 is 21.7 Å². The van der Waals surface area contributed by atoms with E-state index in [1.807, 2.05) is 0 Å². The summed E-state index contributed by atoms with van der Waals surface area (Å²) in [6, 6.07) is 2.15. The number of benzene rings is 1. The lowest BCUT2D eigenvalue weighted by molar-refractivity contribution is 0.0967. The zero-order valence-electron chi connectivity index (χ0n) is 7.97. The van der Waals surface area contributed by atoms with Crippen LogP contribution in [0.3, 0.4) is 0 Å². The van der Waals surface area contributed by atoms with Crippen LogP contribution in [-0.2, 0) is 0 Å². The number of halogens is 2. The number of Topliss-reactive ketones (excluding diaryl/α,β-unsaturated/α-hetero) is 1. The average Bonchev–Trinajstić information content (AvgIpc) is 2.13. The molecular formula is C10H11BrFNO. The molecule has 1 unspecified atom stereocenters. The Bertz CT molecular complexity index is 377. The van der Waals surface area contributed by atoms with Gasteiger partial charge in [-0.3, -0.25) is 4.79 Å². The predicted molar refractivity (Wildman–Crippen MR) is 56.8 cm³/mol. The summed E-state index contributed by atoms with van der Waals surface area (Å²) in [5.74, 6) is -0.549. The molecular weight excluding hydrogens is 249 g/mol. The Morgan fingerprint density at radius 2 is 2.14 bits per heavy atom. The van der Waals surface area contributed by atoms with Crippen molar-refractivity contribution in [3.8, 4) is 0 Å². The van der Waals surface area contributed by atoms with Crippen LogP contribution in [0.2, 0.25) is 0 Å². The Morgan fingerprint density at radius 3 is 2.64 bits per heavy atom. The second-order valence-electron chi connectivity index (χ2n) is 3.19. The molecule has 0 aliphatic rings. The first-order valence-electron chi connectivity index (χ1n) is 4.19. The van der Waals surface area contributed by atoms with Gasteiger partial charge >= 0.3 is 0 Å². The Kier molecular flexibility index (Phi) is 3.39. The van der Waals surface area contributed by atoms with E-state index in [0.29, 0.717) is 15.6 Å². The van der Waals surface area contributed by atoms with Gasteiger partial charge in [0.1, 0.15) is 5.82 Å². The lowest BCUT2D eigenvalue weighted by Gasteiger charge is -2.09. The normalized spacial score (nSPS) is 12.6. The first-order chi connectivity index (χ1) is 6.45. The molecule has 0 aromatic heterocycles. The van der Waals surface area contributed by atoms with E-state index < -0.39 is 6.04 Å². The third-order valence-electron chi connectivity index (χ3n) is 2.02. The van der Waals surface area contributed by atoms with Gasteiger partial charge in [0.25, 0.3) is 0 Å². The highest BCUT2D eigenvalue weighted by atomic mass is 79.9. The summed E-state index contributed by atoms with van der Waals surface area (Å²) in [5.41, 5.74) is 6.52. The van der Waals surface area contributed by atoms with Gasteiger partial charge in [-0.25, -0.2) is 4.39 Å². The molecule has 1 aromatic carbocycles. The van der Waals surface area contributed by atoms with Crippen LogP contribution >= 0.6 is 15.9 Å². The van der Waals surface area contributed by atoms with Gasteiger partial charge in [-0.2, -0.15) is 0 Å². The van der Waals surface area contributed by atoms with Crippen LogP contribution in [0, 0.1) is 12.7 Å². The number of rotatable bonds is 2. The van der Waals surface area contributed by atoms with Gasteiger partial charge < -0.3 is 5.73 Å². The molecule has 0 bridgehead atoms. The smallest absolute Gasteiger partial charge is 0.179 e. The maximum Gasteiger partial charge on any atom is 0.179 e. The molecule has 14 heavy (non-hydrogen) atoms. The van der Waals surface area contributed by atoms with Gasteiger partial charge in [0.2, 0.25) is 0 Å². The highest BCUT2D eigenvalue weighted by Crippen LogP contribution is 2.23. The number of nitrogens with two attached hydrogens (primary N) is 1. The summed E-state index contributed by atoms with van der Waals surface area (Å²) in [4.78, 5) is 11.6. The second-order valence-corrected chi connectivity index (χ2v) is 3.98. The maximum absolute atomic E-state index is 13.0. The molecule has 0 saturated carbocycles. The molecule has 2 N–H and O–H groups in total. The molecule has 1 rings (SSSR count). The van der Waals surface area contributed by atoms with Crippen LogP contribution in [0.25, 0.3) is 0 Å². The molecule has 0 amide bonds. The number of carbonyl (C=O) groups is 1. The number of carbonyl (C=O) groups excluding carboxylic acids is 1. The zero-order valence-corrected chi connectivity index (χ0v) is 9.56. The van der Waals surface area contributed by atoms with Crippen molar-refractivity contribution < 1.29 is 9.18 Å². The highest BCUT2D eigenvalue weighted by molar-refractivity contribution is 9.10. The molecule has 0 spiro atoms. The third kappa shape index (κ3) is 2.01. The topological polar surface area (TPSA) is 43.1 Å². The molecule has 1 aromatic rings. The Labute approximate surface area is 90.4 Å². The fourth-order valence-corrected chi connectivity index (χ4v) is 1.51. The summed E-state index contributed by atoms with van der Waals surface area (Å²) >= 11 is 3.08. The van der Waals surface area contributed by atoms with Gasteiger partial charge in [-0.15, -0.1) is 0 Å². The monoisotopic (exact) mass is 259 g/mol. The first kappa shape index (κ1) is 11.3. The van der Waals surface area contributed by atoms with Crippen molar-refractivity contribution in [1.82, 2.24) is 0 Å². The fraction of sp³-hybridized carbons (Fsp3) is 0.300. The van der Waals surface area contributed by atoms with E-state index in [9.17, 15) is 9.18 Å². The average molecular weight is 260 g/mol. The van der Waals surface area contributed by atoms with Gasteiger partial charge in [0.15, 0.2) is 5.78 Å². The van der Waals surface area contributed by atoms with Crippen LogP contribution in [0.4, 0.5) is 4.39 Å². The van der Waals surface area contributed by atoms with E-state index in [4.69, 9.17) is 5.73 Å². The van der Waals surface area contributed by atoms with Crippen LogP contribution in [0.1, 0.15) is 22.8 Å². The van der Waals surface area contributed by atoms with Gasteiger partial charge in [0, 0.05) is 5.56 Å². The molecule has 76 valence electrons. The summed E-state index contributed by atoms with van der Waals surface area (Å²) < 4.78 is 13.4. The molecule has 0 saturated heterocycles. The minimum Gasteiger partial charge on any atom is -0.321 e. The van der Waals surface area contributed by atoms with E-state index in [2.05, 4.69) is 15.9 Å². The number of hydrogen-bond donors (Lipinski definition) is 1. The number of hydrogen-bond acceptors (Lipinski definition) is 2. The largest absolute Gasteiger partial charge is 0.321 e.